The van der Waals surface area contributed by atoms with E-state index in [4.69, 9.17) is 0 Å². The van der Waals surface area contributed by atoms with Crippen LogP contribution in [0.5, 0.6) is 0 Å². The smallest absolute Gasteiger partial charge is 0.331 e. The summed E-state index contributed by atoms with van der Waals surface area (Å²) in [5.41, 5.74) is 0.0778. The normalized spacial score (nSPS) is 23.8. The Morgan fingerprint density at radius 1 is 1.30 bits per heavy atom. The van der Waals surface area contributed by atoms with Crippen LogP contribution in [0.2, 0.25) is 0 Å². The summed E-state index contributed by atoms with van der Waals surface area (Å²) in [6, 6.07) is 4.87. The summed E-state index contributed by atoms with van der Waals surface area (Å²) in [6.07, 6.45) is 4.82. The van der Waals surface area contributed by atoms with Crippen LogP contribution in [0.25, 0.3) is 10.9 Å². The second kappa shape index (κ2) is 8.13. The Morgan fingerprint density at radius 3 is 2.67 bits per heavy atom. The molecule has 5 rings (SSSR count). The van der Waals surface area contributed by atoms with E-state index in [1.54, 1.807) is 11.5 Å². The summed E-state index contributed by atoms with van der Waals surface area (Å²) < 4.78 is 20.0. The van der Waals surface area contributed by atoms with Gasteiger partial charge in [0, 0.05) is 29.6 Å². The van der Waals surface area contributed by atoms with Gasteiger partial charge >= 0.3 is 5.69 Å². The average Bonchev–Trinajstić information content (AvgIpc) is 3.70. The molecule has 1 saturated heterocycles. The van der Waals surface area contributed by atoms with Crippen molar-refractivity contribution in [3.63, 3.8) is 0 Å². The third-order valence-corrected chi connectivity index (χ3v) is 8.19. The number of rotatable bonds is 7. The first-order valence-corrected chi connectivity index (χ1v) is 12.4. The van der Waals surface area contributed by atoms with Gasteiger partial charge in [-0.05, 0) is 82.0 Å². The molecule has 0 radical (unpaired) electrons. The molecule has 3 aliphatic rings. The summed E-state index contributed by atoms with van der Waals surface area (Å²) >= 11 is 1.51. The van der Waals surface area contributed by atoms with E-state index in [-0.39, 0.29) is 29.4 Å². The predicted molar refractivity (Wildman–Crippen MR) is 127 cm³/mol. The van der Waals surface area contributed by atoms with Gasteiger partial charge in [0.1, 0.15) is 0 Å². The molecule has 1 aromatic heterocycles. The molecule has 2 aromatic rings. The Bertz CT molecular complexity index is 1260. The van der Waals surface area contributed by atoms with Crippen LogP contribution in [0.1, 0.15) is 52.0 Å². The highest BCUT2D eigenvalue weighted by Gasteiger charge is 2.38. The molecule has 2 unspecified atom stereocenters. The molecular weight excluding hydrogens is 443 g/mol. The Hall–Kier alpha value is -2.39. The van der Waals surface area contributed by atoms with Crippen molar-refractivity contribution in [2.75, 3.05) is 6.54 Å². The minimum Gasteiger partial charge on any atom is -0.332 e. The highest BCUT2D eigenvalue weighted by atomic mass is 32.2. The summed E-state index contributed by atoms with van der Waals surface area (Å²) in [5, 5.41) is 0.496. The number of nitrogens with zero attached hydrogens (tertiary/aromatic N) is 3. The zero-order valence-corrected chi connectivity index (χ0v) is 19.8. The van der Waals surface area contributed by atoms with Crippen molar-refractivity contribution >= 4 is 28.8 Å². The molecular formula is C24H29FN4O3S. The number of hydrogen-bond acceptors (Lipinski definition) is 5. The van der Waals surface area contributed by atoms with Crippen molar-refractivity contribution in [1.29, 1.82) is 0 Å². The first-order valence-electron chi connectivity index (χ1n) is 11.6. The van der Waals surface area contributed by atoms with Gasteiger partial charge in [-0.2, -0.15) is 0 Å². The molecule has 2 atom stereocenters. The number of carbonyl (C=O) groups is 1. The van der Waals surface area contributed by atoms with Gasteiger partial charge in [-0.15, -0.1) is 0 Å². The average molecular weight is 473 g/mol. The molecule has 9 heteroatoms. The lowest BCUT2D eigenvalue weighted by Crippen LogP contribution is -2.43. The standard InChI is InChI=1S/C24H29FN4O3S/c1-14-10-17(13-27(14)21(30)15(2)25)29-22(31)19-11-18(33-26-24(3)8-9-24)6-7-20(19)28(23(29)32)12-16-4-5-16/h6-7,11,14,16-17,26H,2,4-5,8-10,12-13H2,1,3H3. The molecule has 0 bridgehead atoms. The molecule has 0 spiro atoms. The van der Waals surface area contributed by atoms with Gasteiger partial charge in [-0.25, -0.2) is 9.18 Å². The SMILES string of the molecule is C=C(F)C(=O)N1CC(n2c(=O)c3cc(SNC4(C)CC4)ccc3n(CC3CC3)c2=O)CC1C. The predicted octanol–water partition coefficient (Wildman–Crippen LogP) is 3.37. The van der Waals surface area contributed by atoms with E-state index in [9.17, 15) is 18.8 Å². The fraction of sp³-hybridized carbons (Fsp3) is 0.542. The Kier molecular flexibility index (Phi) is 5.52. The van der Waals surface area contributed by atoms with E-state index < -0.39 is 17.8 Å². The van der Waals surface area contributed by atoms with Gasteiger partial charge in [0.25, 0.3) is 11.5 Å². The summed E-state index contributed by atoms with van der Waals surface area (Å²) in [4.78, 5) is 41.6. The second-order valence-corrected chi connectivity index (χ2v) is 10.9. The maximum absolute atomic E-state index is 13.6. The van der Waals surface area contributed by atoms with Crippen LogP contribution in [0.3, 0.4) is 0 Å². The van der Waals surface area contributed by atoms with Gasteiger partial charge in [-0.1, -0.05) is 6.58 Å². The van der Waals surface area contributed by atoms with Crippen LogP contribution in [-0.2, 0) is 11.3 Å². The van der Waals surface area contributed by atoms with Gasteiger partial charge in [-0.3, -0.25) is 23.4 Å². The van der Waals surface area contributed by atoms with Crippen molar-refractivity contribution in [3.8, 4) is 0 Å². The zero-order valence-electron chi connectivity index (χ0n) is 19.0. The van der Waals surface area contributed by atoms with Crippen molar-refractivity contribution in [2.24, 2.45) is 5.92 Å². The number of fused-ring (bicyclic) bond motifs is 1. The van der Waals surface area contributed by atoms with E-state index in [1.807, 2.05) is 18.2 Å². The van der Waals surface area contributed by atoms with Gasteiger partial charge in [0.05, 0.1) is 16.9 Å². The maximum atomic E-state index is 13.6. The zero-order chi connectivity index (χ0) is 23.5. The minimum absolute atomic E-state index is 0.112. The molecule has 1 aromatic carbocycles. The van der Waals surface area contributed by atoms with Crippen LogP contribution in [0, 0.1) is 5.92 Å². The van der Waals surface area contributed by atoms with Gasteiger partial charge in [0.2, 0.25) is 0 Å². The molecule has 2 aliphatic carbocycles. The molecule has 176 valence electrons. The number of nitrogens with one attached hydrogen (secondary N) is 1. The number of aromatic nitrogens is 2. The quantitative estimate of drug-likeness (QED) is 0.494. The van der Waals surface area contributed by atoms with Crippen molar-refractivity contribution in [1.82, 2.24) is 18.8 Å². The first kappa shape index (κ1) is 22.4. The van der Waals surface area contributed by atoms with Gasteiger partial charge in [0.15, 0.2) is 5.83 Å². The molecule has 2 saturated carbocycles. The molecule has 7 nitrogen and oxygen atoms in total. The highest BCUT2D eigenvalue weighted by molar-refractivity contribution is 7.97. The molecule has 33 heavy (non-hydrogen) atoms. The van der Waals surface area contributed by atoms with Crippen molar-refractivity contribution in [3.05, 3.63) is 51.4 Å². The number of amides is 1. The molecule has 1 amide bonds. The minimum atomic E-state index is -1.03. The monoisotopic (exact) mass is 472 g/mol. The van der Waals surface area contributed by atoms with E-state index in [0.29, 0.717) is 29.8 Å². The summed E-state index contributed by atoms with van der Waals surface area (Å²) in [5.74, 6) is -1.37. The third kappa shape index (κ3) is 4.28. The molecule has 2 heterocycles. The topological polar surface area (TPSA) is 76.3 Å². The van der Waals surface area contributed by atoms with Crippen LogP contribution >= 0.6 is 11.9 Å². The van der Waals surface area contributed by atoms with E-state index in [1.165, 1.54) is 21.4 Å². The van der Waals surface area contributed by atoms with E-state index in [2.05, 4.69) is 18.2 Å². The number of hydrogen-bond donors (Lipinski definition) is 1. The Balaban J connectivity index is 1.57. The van der Waals surface area contributed by atoms with Crippen LogP contribution in [0.4, 0.5) is 4.39 Å². The first-order chi connectivity index (χ1) is 15.7. The van der Waals surface area contributed by atoms with Crippen LogP contribution in [-0.4, -0.2) is 38.1 Å². The largest absolute Gasteiger partial charge is 0.332 e. The number of likely N-dealkylation sites (tertiary alicyclic amines) is 1. The fourth-order valence-corrected chi connectivity index (χ4v) is 5.47. The second-order valence-electron chi connectivity index (χ2n) is 10.1. The van der Waals surface area contributed by atoms with E-state index in [0.717, 1.165) is 30.6 Å². The molecule has 3 fully saturated rings. The molecule has 1 aliphatic heterocycles. The third-order valence-electron chi connectivity index (χ3n) is 7.11. The maximum Gasteiger partial charge on any atom is 0.331 e. The highest BCUT2D eigenvalue weighted by Crippen LogP contribution is 2.38. The summed E-state index contributed by atoms with van der Waals surface area (Å²) in [7, 11) is 0. The van der Waals surface area contributed by atoms with E-state index >= 15 is 0 Å². The number of benzene rings is 1. The van der Waals surface area contributed by atoms with Gasteiger partial charge < -0.3 is 4.90 Å². The fourth-order valence-electron chi connectivity index (χ4n) is 4.59. The number of carbonyl (C=O) groups excluding carboxylic acids is 1. The lowest BCUT2D eigenvalue weighted by molar-refractivity contribution is -0.129. The Morgan fingerprint density at radius 2 is 2.03 bits per heavy atom. The molecule has 1 N–H and O–H groups in total. The summed E-state index contributed by atoms with van der Waals surface area (Å²) in [6.45, 7) is 7.76. The number of halogens is 1. The van der Waals surface area contributed by atoms with Crippen molar-refractivity contribution in [2.45, 2.75) is 75.0 Å². The van der Waals surface area contributed by atoms with Crippen molar-refractivity contribution < 1.29 is 9.18 Å². The van der Waals surface area contributed by atoms with Crippen LogP contribution < -0.4 is 16.0 Å². The van der Waals surface area contributed by atoms with Crippen LogP contribution in [0.15, 0.2) is 45.1 Å². The lowest BCUT2D eigenvalue weighted by atomic mass is 10.1. The Labute approximate surface area is 195 Å². The lowest BCUT2D eigenvalue weighted by Gasteiger charge is -2.20.